The standard InChI is InChI=1S/C20H26N2O4/c1-2-10-19(24)22(17-23)15-8-4-7-14-21-20(25)26-16-9-13-18-11-5-3-6-12-18/h2-3,5-6,9-13,17H,4,7-8,14-16H2,1H3,(H,21,25)/b10-2-,13-9+. The summed E-state index contributed by atoms with van der Waals surface area (Å²) in [4.78, 5) is 35.0. The molecule has 26 heavy (non-hydrogen) atoms. The van der Waals surface area contributed by atoms with Gasteiger partial charge in [-0.1, -0.05) is 42.5 Å². The zero-order valence-electron chi connectivity index (χ0n) is 15.1. The second-order valence-electron chi connectivity index (χ2n) is 5.54. The lowest BCUT2D eigenvalue weighted by molar-refractivity contribution is -0.134. The molecule has 3 amide bonds. The van der Waals surface area contributed by atoms with Crippen LogP contribution < -0.4 is 5.32 Å². The van der Waals surface area contributed by atoms with Gasteiger partial charge in [0.2, 0.25) is 6.41 Å². The van der Waals surface area contributed by atoms with Gasteiger partial charge in [-0.2, -0.15) is 0 Å². The zero-order valence-corrected chi connectivity index (χ0v) is 15.1. The third-order valence-electron chi connectivity index (χ3n) is 3.49. The number of nitrogens with one attached hydrogen (secondary N) is 1. The Morgan fingerprint density at radius 2 is 1.92 bits per heavy atom. The van der Waals surface area contributed by atoms with Crippen molar-refractivity contribution in [1.29, 1.82) is 0 Å². The fourth-order valence-corrected chi connectivity index (χ4v) is 2.15. The number of ether oxygens (including phenoxy) is 1. The predicted molar refractivity (Wildman–Crippen MR) is 101 cm³/mol. The van der Waals surface area contributed by atoms with Crippen molar-refractivity contribution >= 4 is 24.5 Å². The summed E-state index contributed by atoms with van der Waals surface area (Å²) in [5.41, 5.74) is 1.05. The molecule has 0 unspecified atom stereocenters. The molecule has 0 aliphatic carbocycles. The van der Waals surface area contributed by atoms with E-state index in [2.05, 4.69) is 5.32 Å². The van der Waals surface area contributed by atoms with Gasteiger partial charge in [0.1, 0.15) is 6.61 Å². The number of nitrogens with zero attached hydrogens (tertiary/aromatic N) is 1. The van der Waals surface area contributed by atoms with Gasteiger partial charge in [-0.3, -0.25) is 14.5 Å². The molecule has 6 heteroatoms. The summed E-state index contributed by atoms with van der Waals surface area (Å²) in [6.07, 6.45) is 8.95. The van der Waals surface area contributed by atoms with Gasteiger partial charge in [0, 0.05) is 13.1 Å². The van der Waals surface area contributed by atoms with E-state index in [1.54, 1.807) is 19.1 Å². The highest BCUT2D eigenvalue weighted by molar-refractivity contribution is 5.94. The van der Waals surface area contributed by atoms with Crippen molar-refractivity contribution in [3.05, 3.63) is 54.1 Å². The molecule has 0 heterocycles. The molecule has 140 valence electrons. The Labute approximate surface area is 154 Å². The van der Waals surface area contributed by atoms with E-state index in [0.29, 0.717) is 25.9 Å². The summed E-state index contributed by atoms with van der Waals surface area (Å²) in [6, 6.07) is 9.76. The van der Waals surface area contributed by atoms with E-state index in [-0.39, 0.29) is 12.5 Å². The van der Waals surface area contributed by atoms with Gasteiger partial charge in [-0.05, 0) is 43.9 Å². The van der Waals surface area contributed by atoms with Crippen molar-refractivity contribution in [2.24, 2.45) is 0 Å². The van der Waals surface area contributed by atoms with Crippen LogP contribution in [-0.4, -0.2) is 43.0 Å². The van der Waals surface area contributed by atoms with Gasteiger partial charge in [0.25, 0.3) is 5.91 Å². The summed E-state index contributed by atoms with van der Waals surface area (Å²) < 4.78 is 5.04. The van der Waals surface area contributed by atoms with Crippen molar-refractivity contribution in [2.75, 3.05) is 19.7 Å². The van der Waals surface area contributed by atoms with Gasteiger partial charge in [-0.25, -0.2) is 4.79 Å². The third-order valence-corrected chi connectivity index (χ3v) is 3.49. The average Bonchev–Trinajstić information content (AvgIpc) is 2.65. The quantitative estimate of drug-likeness (QED) is 0.374. The molecule has 0 radical (unpaired) electrons. The number of unbranched alkanes of at least 4 members (excludes halogenated alkanes) is 2. The molecule has 0 aromatic heterocycles. The molecule has 1 rings (SSSR count). The van der Waals surface area contributed by atoms with E-state index in [0.717, 1.165) is 23.3 Å². The van der Waals surface area contributed by atoms with E-state index < -0.39 is 6.09 Å². The first kappa shape index (κ1) is 21.2. The summed E-state index contributed by atoms with van der Waals surface area (Å²) in [5.74, 6) is -0.312. The van der Waals surface area contributed by atoms with Crippen molar-refractivity contribution < 1.29 is 19.1 Å². The van der Waals surface area contributed by atoms with Crippen molar-refractivity contribution in [3.8, 4) is 0 Å². The predicted octanol–water partition coefficient (Wildman–Crippen LogP) is 3.16. The third kappa shape index (κ3) is 9.42. The van der Waals surface area contributed by atoms with Crippen molar-refractivity contribution in [3.63, 3.8) is 0 Å². The maximum Gasteiger partial charge on any atom is 0.407 e. The number of hydrogen-bond acceptors (Lipinski definition) is 4. The molecule has 6 nitrogen and oxygen atoms in total. The van der Waals surface area contributed by atoms with Crippen LogP contribution in [0, 0.1) is 0 Å². The van der Waals surface area contributed by atoms with Gasteiger partial charge in [-0.15, -0.1) is 0 Å². The number of hydrogen-bond donors (Lipinski definition) is 1. The summed E-state index contributed by atoms with van der Waals surface area (Å²) in [7, 11) is 0. The Bertz CT molecular complexity index is 611. The zero-order chi connectivity index (χ0) is 19.0. The monoisotopic (exact) mass is 358 g/mol. The SMILES string of the molecule is C/C=C\C(=O)N(C=O)CCCCCNC(=O)OC/C=C/c1ccccc1. The summed E-state index contributed by atoms with van der Waals surface area (Å²) in [6.45, 7) is 2.80. The Kier molecular flexibility index (Phi) is 10.9. The lowest BCUT2D eigenvalue weighted by Crippen LogP contribution is -2.29. The molecule has 0 aliphatic heterocycles. The summed E-state index contributed by atoms with van der Waals surface area (Å²) >= 11 is 0. The second kappa shape index (κ2) is 13.4. The first-order chi connectivity index (χ1) is 12.7. The molecule has 0 aliphatic rings. The van der Waals surface area contributed by atoms with Crippen LogP contribution in [0.5, 0.6) is 0 Å². The number of benzene rings is 1. The lowest BCUT2D eigenvalue weighted by Gasteiger charge is -2.12. The number of rotatable bonds is 11. The van der Waals surface area contributed by atoms with Gasteiger partial charge < -0.3 is 10.1 Å². The van der Waals surface area contributed by atoms with Gasteiger partial charge >= 0.3 is 6.09 Å². The van der Waals surface area contributed by atoms with Crippen LogP contribution in [-0.2, 0) is 14.3 Å². The maximum atomic E-state index is 11.5. The second-order valence-corrected chi connectivity index (χ2v) is 5.54. The topological polar surface area (TPSA) is 75.7 Å². The number of alkyl carbamates (subject to hydrolysis) is 1. The molecule has 0 fully saturated rings. The van der Waals surface area contributed by atoms with E-state index in [4.69, 9.17) is 4.74 Å². The minimum atomic E-state index is -0.458. The fraction of sp³-hybridized carbons (Fsp3) is 0.350. The van der Waals surface area contributed by atoms with Crippen LogP contribution in [0.1, 0.15) is 31.7 Å². The van der Waals surface area contributed by atoms with Crippen LogP contribution in [0.15, 0.2) is 48.6 Å². The van der Waals surface area contributed by atoms with Gasteiger partial charge in [0.15, 0.2) is 0 Å². The molecule has 0 bridgehead atoms. The molecule has 0 saturated carbocycles. The number of amides is 3. The minimum absolute atomic E-state index is 0.210. The maximum absolute atomic E-state index is 11.5. The Morgan fingerprint density at radius 1 is 1.15 bits per heavy atom. The highest BCUT2D eigenvalue weighted by Gasteiger charge is 2.08. The molecule has 0 saturated heterocycles. The number of allylic oxidation sites excluding steroid dienone is 1. The first-order valence-electron chi connectivity index (χ1n) is 8.68. The Balaban J connectivity index is 2.06. The van der Waals surface area contributed by atoms with Crippen LogP contribution in [0.2, 0.25) is 0 Å². The summed E-state index contributed by atoms with van der Waals surface area (Å²) in [5, 5.41) is 2.67. The number of carbonyl (C=O) groups excluding carboxylic acids is 3. The Hall–Kier alpha value is -2.89. The molecular formula is C20H26N2O4. The smallest absolute Gasteiger partial charge is 0.407 e. The molecule has 0 spiro atoms. The molecular weight excluding hydrogens is 332 g/mol. The van der Waals surface area contributed by atoms with E-state index in [1.807, 2.05) is 36.4 Å². The Morgan fingerprint density at radius 3 is 2.62 bits per heavy atom. The van der Waals surface area contributed by atoms with Crippen LogP contribution in [0.4, 0.5) is 4.79 Å². The lowest BCUT2D eigenvalue weighted by atomic mass is 10.2. The van der Waals surface area contributed by atoms with E-state index >= 15 is 0 Å². The molecule has 1 aromatic carbocycles. The molecule has 1 N–H and O–H groups in total. The number of imide groups is 1. The van der Waals surface area contributed by atoms with Crippen LogP contribution in [0.25, 0.3) is 6.08 Å². The van der Waals surface area contributed by atoms with Gasteiger partial charge in [0.05, 0.1) is 0 Å². The number of carbonyl (C=O) groups is 3. The van der Waals surface area contributed by atoms with E-state index in [9.17, 15) is 14.4 Å². The highest BCUT2D eigenvalue weighted by atomic mass is 16.5. The van der Waals surface area contributed by atoms with E-state index in [1.165, 1.54) is 6.08 Å². The van der Waals surface area contributed by atoms with Crippen LogP contribution in [0.3, 0.4) is 0 Å². The minimum Gasteiger partial charge on any atom is -0.445 e. The van der Waals surface area contributed by atoms with Crippen molar-refractivity contribution in [2.45, 2.75) is 26.2 Å². The fourth-order valence-electron chi connectivity index (χ4n) is 2.15. The normalized spacial score (nSPS) is 10.8. The molecule has 1 aromatic rings. The first-order valence-corrected chi connectivity index (χ1v) is 8.68. The van der Waals surface area contributed by atoms with Crippen molar-refractivity contribution in [1.82, 2.24) is 10.2 Å². The van der Waals surface area contributed by atoms with Crippen LogP contribution >= 0.6 is 0 Å². The highest BCUT2D eigenvalue weighted by Crippen LogP contribution is 2.01. The molecule has 0 atom stereocenters. The largest absolute Gasteiger partial charge is 0.445 e. The average molecular weight is 358 g/mol.